The van der Waals surface area contributed by atoms with E-state index in [-0.39, 0.29) is 24.0 Å². The third-order valence-corrected chi connectivity index (χ3v) is 5.24. The highest BCUT2D eigenvalue weighted by Crippen LogP contribution is 2.27. The zero-order valence-corrected chi connectivity index (χ0v) is 15.6. The quantitative estimate of drug-likeness (QED) is 0.891. The van der Waals surface area contributed by atoms with E-state index in [1.165, 1.54) is 0 Å². The number of amides is 2. The number of oxime groups is 1. The van der Waals surface area contributed by atoms with Crippen LogP contribution in [-0.2, 0) is 9.63 Å². The Labute approximate surface area is 164 Å². The fourth-order valence-electron chi connectivity index (χ4n) is 3.62. The Morgan fingerprint density at radius 1 is 0.964 bits per heavy atom. The molecule has 2 aliphatic heterocycles. The lowest BCUT2D eigenvalue weighted by atomic mass is 10.0. The molecule has 0 aliphatic carbocycles. The minimum atomic E-state index is -0.202. The summed E-state index contributed by atoms with van der Waals surface area (Å²) in [7, 11) is 0. The first kappa shape index (κ1) is 18.2. The number of likely N-dealkylation sites (tertiary alicyclic amines) is 1. The van der Waals surface area contributed by atoms with Gasteiger partial charge in [0.15, 0.2) is 6.10 Å². The Morgan fingerprint density at radius 3 is 2.29 bits per heavy atom. The van der Waals surface area contributed by atoms with Crippen LogP contribution in [-0.4, -0.2) is 41.6 Å². The van der Waals surface area contributed by atoms with Crippen molar-refractivity contribution in [2.24, 2.45) is 5.16 Å². The SMILES string of the molecule is O=C(NC1CCN(C(=O)c2ccccc2)CC1)C1=NOC(c2ccccc2)C1. The van der Waals surface area contributed by atoms with Crippen molar-refractivity contribution in [2.75, 3.05) is 13.1 Å². The lowest BCUT2D eigenvalue weighted by Gasteiger charge is -2.32. The Kier molecular flexibility index (Phi) is 5.37. The van der Waals surface area contributed by atoms with Crippen molar-refractivity contribution in [3.05, 3.63) is 71.8 Å². The molecule has 1 fully saturated rings. The average Bonchev–Trinajstić information content (AvgIpc) is 3.26. The van der Waals surface area contributed by atoms with Crippen LogP contribution in [0.5, 0.6) is 0 Å². The van der Waals surface area contributed by atoms with Crippen LogP contribution in [0.3, 0.4) is 0 Å². The van der Waals surface area contributed by atoms with Crippen LogP contribution < -0.4 is 5.32 Å². The third kappa shape index (κ3) is 4.06. The fraction of sp³-hybridized carbons (Fsp3) is 0.318. The second kappa shape index (κ2) is 8.25. The van der Waals surface area contributed by atoms with E-state index in [0.29, 0.717) is 30.8 Å². The minimum Gasteiger partial charge on any atom is -0.387 e. The predicted molar refractivity (Wildman–Crippen MR) is 106 cm³/mol. The highest BCUT2D eigenvalue weighted by molar-refractivity contribution is 6.39. The number of nitrogens with zero attached hydrogens (tertiary/aromatic N) is 2. The largest absolute Gasteiger partial charge is 0.387 e. The summed E-state index contributed by atoms with van der Waals surface area (Å²) >= 11 is 0. The van der Waals surface area contributed by atoms with Gasteiger partial charge in [0, 0.05) is 31.1 Å². The molecule has 2 aliphatic rings. The van der Waals surface area contributed by atoms with Gasteiger partial charge in [0.2, 0.25) is 0 Å². The molecule has 0 spiro atoms. The molecule has 0 aromatic heterocycles. The van der Waals surface area contributed by atoms with Crippen molar-refractivity contribution < 1.29 is 14.4 Å². The summed E-state index contributed by atoms with van der Waals surface area (Å²) in [5, 5.41) is 7.03. The van der Waals surface area contributed by atoms with Crippen LogP contribution in [0.1, 0.15) is 41.3 Å². The maximum atomic E-state index is 12.5. The molecular weight excluding hydrogens is 354 g/mol. The summed E-state index contributed by atoms with van der Waals surface area (Å²) in [6.07, 6.45) is 1.75. The monoisotopic (exact) mass is 377 g/mol. The summed E-state index contributed by atoms with van der Waals surface area (Å²) in [6.45, 7) is 1.27. The zero-order chi connectivity index (χ0) is 19.3. The van der Waals surface area contributed by atoms with E-state index in [9.17, 15) is 9.59 Å². The molecule has 2 aromatic rings. The van der Waals surface area contributed by atoms with Crippen LogP contribution >= 0.6 is 0 Å². The van der Waals surface area contributed by atoms with Crippen LogP contribution in [0.2, 0.25) is 0 Å². The summed E-state index contributed by atoms with van der Waals surface area (Å²) < 4.78 is 0. The van der Waals surface area contributed by atoms with Crippen molar-refractivity contribution in [3.63, 3.8) is 0 Å². The molecule has 1 N–H and O–H groups in total. The van der Waals surface area contributed by atoms with Gasteiger partial charge in [-0.15, -0.1) is 0 Å². The van der Waals surface area contributed by atoms with Gasteiger partial charge in [-0.05, 0) is 30.5 Å². The maximum absolute atomic E-state index is 12.5. The standard InChI is InChI=1S/C22H23N3O3/c26-21(19-15-20(28-24-19)16-7-3-1-4-8-16)23-18-11-13-25(14-12-18)22(27)17-9-5-2-6-10-17/h1-10,18,20H,11-15H2,(H,23,26). The van der Waals surface area contributed by atoms with Gasteiger partial charge < -0.3 is 15.1 Å². The van der Waals surface area contributed by atoms with Gasteiger partial charge in [0.1, 0.15) is 5.71 Å². The normalized spacial score (nSPS) is 19.6. The smallest absolute Gasteiger partial charge is 0.269 e. The summed E-state index contributed by atoms with van der Waals surface area (Å²) in [5.74, 6) is -0.129. The molecule has 1 unspecified atom stereocenters. The summed E-state index contributed by atoms with van der Waals surface area (Å²) in [5.41, 5.74) is 2.15. The molecule has 1 saturated heterocycles. The Morgan fingerprint density at radius 2 is 1.61 bits per heavy atom. The highest BCUT2D eigenvalue weighted by Gasteiger charge is 2.30. The molecule has 0 saturated carbocycles. The minimum absolute atomic E-state index is 0.0460. The highest BCUT2D eigenvalue weighted by atomic mass is 16.6. The molecule has 144 valence electrons. The maximum Gasteiger partial charge on any atom is 0.269 e. The third-order valence-electron chi connectivity index (χ3n) is 5.24. The van der Waals surface area contributed by atoms with E-state index in [0.717, 1.165) is 18.4 Å². The number of hydrogen-bond donors (Lipinski definition) is 1. The van der Waals surface area contributed by atoms with E-state index >= 15 is 0 Å². The van der Waals surface area contributed by atoms with Crippen LogP contribution in [0.25, 0.3) is 0 Å². The average molecular weight is 377 g/mol. The number of carbonyl (C=O) groups is 2. The molecule has 1 atom stereocenters. The Bertz CT molecular complexity index is 859. The number of carbonyl (C=O) groups excluding carboxylic acids is 2. The molecule has 0 radical (unpaired) electrons. The van der Waals surface area contributed by atoms with Gasteiger partial charge in [-0.1, -0.05) is 53.7 Å². The van der Waals surface area contributed by atoms with Crippen molar-refractivity contribution in [1.82, 2.24) is 10.2 Å². The molecule has 6 nitrogen and oxygen atoms in total. The van der Waals surface area contributed by atoms with Gasteiger partial charge in [-0.25, -0.2) is 0 Å². The predicted octanol–water partition coefficient (Wildman–Crippen LogP) is 2.93. The molecule has 4 rings (SSSR count). The van der Waals surface area contributed by atoms with Crippen molar-refractivity contribution in [1.29, 1.82) is 0 Å². The van der Waals surface area contributed by atoms with Crippen molar-refractivity contribution >= 4 is 17.5 Å². The lowest BCUT2D eigenvalue weighted by molar-refractivity contribution is -0.115. The molecular formula is C22H23N3O3. The first-order chi connectivity index (χ1) is 13.7. The van der Waals surface area contributed by atoms with E-state index in [4.69, 9.17) is 4.84 Å². The number of hydrogen-bond acceptors (Lipinski definition) is 4. The molecule has 0 bridgehead atoms. The molecule has 28 heavy (non-hydrogen) atoms. The van der Waals surface area contributed by atoms with E-state index in [1.807, 2.05) is 65.6 Å². The Balaban J connectivity index is 1.26. The first-order valence-electron chi connectivity index (χ1n) is 9.63. The van der Waals surface area contributed by atoms with Gasteiger partial charge in [0.05, 0.1) is 0 Å². The lowest BCUT2D eigenvalue weighted by Crippen LogP contribution is -2.47. The summed E-state index contributed by atoms with van der Waals surface area (Å²) in [4.78, 5) is 32.3. The van der Waals surface area contributed by atoms with Crippen molar-refractivity contribution in [2.45, 2.75) is 31.4 Å². The Hall–Kier alpha value is -3.15. The summed E-state index contributed by atoms with van der Waals surface area (Å²) in [6, 6.07) is 19.1. The van der Waals surface area contributed by atoms with E-state index in [2.05, 4.69) is 10.5 Å². The fourth-order valence-corrected chi connectivity index (χ4v) is 3.62. The second-order valence-electron chi connectivity index (χ2n) is 7.15. The van der Waals surface area contributed by atoms with Crippen LogP contribution in [0.15, 0.2) is 65.8 Å². The van der Waals surface area contributed by atoms with Crippen LogP contribution in [0.4, 0.5) is 0 Å². The second-order valence-corrected chi connectivity index (χ2v) is 7.15. The van der Waals surface area contributed by atoms with Gasteiger partial charge in [-0.3, -0.25) is 9.59 Å². The van der Waals surface area contributed by atoms with Gasteiger partial charge in [0.25, 0.3) is 11.8 Å². The number of piperidine rings is 1. The first-order valence-corrected chi connectivity index (χ1v) is 9.63. The molecule has 2 heterocycles. The number of nitrogens with one attached hydrogen (secondary N) is 1. The number of rotatable bonds is 4. The zero-order valence-electron chi connectivity index (χ0n) is 15.6. The molecule has 2 amide bonds. The molecule has 6 heteroatoms. The topological polar surface area (TPSA) is 71.0 Å². The van der Waals surface area contributed by atoms with E-state index in [1.54, 1.807) is 0 Å². The molecule has 2 aromatic carbocycles. The van der Waals surface area contributed by atoms with Gasteiger partial charge in [-0.2, -0.15) is 0 Å². The number of benzene rings is 2. The van der Waals surface area contributed by atoms with Crippen molar-refractivity contribution in [3.8, 4) is 0 Å². The van der Waals surface area contributed by atoms with E-state index < -0.39 is 0 Å². The van der Waals surface area contributed by atoms with Gasteiger partial charge >= 0.3 is 0 Å². The van der Waals surface area contributed by atoms with Crippen LogP contribution in [0, 0.1) is 0 Å².